The molecule has 0 spiro atoms. The Morgan fingerprint density at radius 1 is 1.38 bits per heavy atom. The number of ether oxygens (including phenoxy) is 1. The van der Waals surface area contributed by atoms with Gasteiger partial charge in [0.15, 0.2) is 0 Å². The van der Waals surface area contributed by atoms with Crippen molar-refractivity contribution in [3.05, 3.63) is 17.5 Å². The number of anilines is 1. The first kappa shape index (κ1) is 15.7. The van der Waals surface area contributed by atoms with E-state index in [0.717, 1.165) is 31.2 Å². The van der Waals surface area contributed by atoms with E-state index in [0.29, 0.717) is 18.7 Å². The lowest BCUT2D eigenvalue weighted by molar-refractivity contribution is 0.0947. The first-order chi connectivity index (χ1) is 10.2. The number of nitrogens with zero attached hydrogens (tertiary/aromatic N) is 3. The number of piperidine rings is 1. The summed E-state index contributed by atoms with van der Waals surface area (Å²) >= 11 is 0. The molecule has 21 heavy (non-hydrogen) atoms. The fourth-order valence-corrected chi connectivity index (χ4v) is 2.44. The highest BCUT2D eigenvalue weighted by atomic mass is 16.5. The first-order valence-corrected chi connectivity index (χ1v) is 7.58. The van der Waals surface area contributed by atoms with E-state index in [4.69, 9.17) is 4.74 Å². The number of carbonyl (C=O) groups excluding carboxylic acids is 1. The zero-order valence-corrected chi connectivity index (χ0v) is 12.9. The smallest absolute Gasteiger partial charge is 0.254 e. The first-order valence-electron chi connectivity index (χ1n) is 7.58. The van der Waals surface area contributed by atoms with E-state index in [-0.39, 0.29) is 5.91 Å². The molecule has 1 amide bonds. The third-order valence-corrected chi connectivity index (χ3v) is 3.66. The predicted molar refractivity (Wildman–Crippen MR) is 81.7 cm³/mol. The number of amides is 1. The molecule has 1 aromatic rings. The number of carbonyl (C=O) groups is 1. The SMILES string of the molecule is COCCCNC(=O)c1cnc(N2CCCCC2)nc1C. The van der Waals surface area contributed by atoms with Crippen molar-refractivity contribution in [2.45, 2.75) is 32.6 Å². The Morgan fingerprint density at radius 3 is 2.81 bits per heavy atom. The molecule has 1 aliphatic rings. The molecule has 0 aliphatic carbocycles. The standard InChI is InChI=1S/C15H24N4O2/c1-12-13(14(20)16-7-6-10-21-2)11-17-15(18-12)19-8-4-3-5-9-19/h11H,3-10H2,1-2H3,(H,16,20). The average molecular weight is 292 g/mol. The lowest BCUT2D eigenvalue weighted by atomic mass is 10.1. The normalized spacial score (nSPS) is 15.0. The number of hydrogen-bond acceptors (Lipinski definition) is 5. The second-order valence-electron chi connectivity index (χ2n) is 5.32. The van der Waals surface area contributed by atoms with Crippen molar-refractivity contribution >= 4 is 11.9 Å². The van der Waals surface area contributed by atoms with Crippen LogP contribution in [0.15, 0.2) is 6.20 Å². The molecule has 1 aromatic heterocycles. The van der Waals surface area contributed by atoms with E-state index in [9.17, 15) is 4.79 Å². The monoisotopic (exact) mass is 292 g/mol. The Kier molecular flexibility index (Phi) is 5.92. The fraction of sp³-hybridized carbons (Fsp3) is 0.667. The summed E-state index contributed by atoms with van der Waals surface area (Å²) in [6.07, 6.45) is 6.08. The second kappa shape index (κ2) is 7.93. The molecule has 6 heteroatoms. The van der Waals surface area contributed by atoms with Crippen molar-refractivity contribution in [2.24, 2.45) is 0 Å². The van der Waals surface area contributed by atoms with Crippen LogP contribution in [0.2, 0.25) is 0 Å². The van der Waals surface area contributed by atoms with Crippen LogP contribution in [0.1, 0.15) is 41.7 Å². The molecule has 0 radical (unpaired) electrons. The maximum atomic E-state index is 12.1. The number of hydrogen-bond donors (Lipinski definition) is 1. The Bertz CT molecular complexity index is 473. The lowest BCUT2D eigenvalue weighted by Gasteiger charge is -2.26. The van der Waals surface area contributed by atoms with Crippen LogP contribution in [0.3, 0.4) is 0 Å². The van der Waals surface area contributed by atoms with Crippen molar-refractivity contribution in [3.63, 3.8) is 0 Å². The molecule has 0 atom stereocenters. The molecule has 0 saturated carbocycles. The van der Waals surface area contributed by atoms with Gasteiger partial charge in [-0.3, -0.25) is 4.79 Å². The molecule has 1 N–H and O–H groups in total. The van der Waals surface area contributed by atoms with E-state index in [1.165, 1.54) is 19.3 Å². The number of nitrogens with one attached hydrogen (secondary N) is 1. The van der Waals surface area contributed by atoms with Crippen LogP contribution in [-0.2, 0) is 4.74 Å². The third kappa shape index (κ3) is 4.39. The van der Waals surface area contributed by atoms with Gasteiger partial charge in [-0.05, 0) is 32.6 Å². The molecular weight excluding hydrogens is 268 g/mol. The summed E-state index contributed by atoms with van der Waals surface area (Å²) in [5.41, 5.74) is 1.28. The van der Waals surface area contributed by atoms with Crippen molar-refractivity contribution < 1.29 is 9.53 Å². The van der Waals surface area contributed by atoms with Crippen LogP contribution in [0.25, 0.3) is 0 Å². The van der Waals surface area contributed by atoms with E-state index in [1.54, 1.807) is 13.3 Å². The maximum absolute atomic E-state index is 12.1. The number of methoxy groups -OCH3 is 1. The predicted octanol–water partition coefficient (Wildman–Crippen LogP) is 1.54. The Hall–Kier alpha value is -1.69. The number of rotatable bonds is 6. The van der Waals surface area contributed by atoms with Gasteiger partial charge in [-0.25, -0.2) is 9.97 Å². The van der Waals surface area contributed by atoms with Crippen molar-refractivity contribution in [2.75, 3.05) is 38.3 Å². The minimum absolute atomic E-state index is 0.117. The molecule has 116 valence electrons. The molecule has 6 nitrogen and oxygen atoms in total. The Balaban J connectivity index is 1.96. The van der Waals surface area contributed by atoms with Crippen LogP contribution < -0.4 is 10.2 Å². The third-order valence-electron chi connectivity index (χ3n) is 3.66. The maximum Gasteiger partial charge on any atom is 0.254 e. The highest BCUT2D eigenvalue weighted by Gasteiger charge is 2.16. The topological polar surface area (TPSA) is 67.3 Å². The van der Waals surface area contributed by atoms with Gasteiger partial charge in [-0.15, -0.1) is 0 Å². The summed E-state index contributed by atoms with van der Waals surface area (Å²) in [5, 5.41) is 2.86. The summed E-state index contributed by atoms with van der Waals surface area (Å²) in [6.45, 7) is 5.10. The lowest BCUT2D eigenvalue weighted by Crippen LogP contribution is -2.32. The largest absolute Gasteiger partial charge is 0.385 e. The van der Waals surface area contributed by atoms with E-state index >= 15 is 0 Å². The quantitative estimate of drug-likeness (QED) is 0.806. The van der Waals surface area contributed by atoms with Crippen LogP contribution in [0.5, 0.6) is 0 Å². The zero-order chi connectivity index (χ0) is 15.1. The van der Waals surface area contributed by atoms with E-state index < -0.39 is 0 Å². The summed E-state index contributed by atoms with van der Waals surface area (Å²) < 4.78 is 4.95. The zero-order valence-electron chi connectivity index (χ0n) is 12.9. The van der Waals surface area contributed by atoms with Gasteiger partial charge in [-0.2, -0.15) is 0 Å². The summed E-state index contributed by atoms with van der Waals surface area (Å²) in [6, 6.07) is 0. The second-order valence-corrected chi connectivity index (χ2v) is 5.32. The van der Waals surface area contributed by atoms with Gasteiger partial charge < -0.3 is 15.0 Å². The molecule has 1 aliphatic heterocycles. The van der Waals surface area contributed by atoms with Crippen molar-refractivity contribution in [1.82, 2.24) is 15.3 Å². The average Bonchev–Trinajstić information content (AvgIpc) is 2.52. The van der Waals surface area contributed by atoms with Crippen molar-refractivity contribution in [3.8, 4) is 0 Å². The minimum atomic E-state index is -0.117. The van der Waals surface area contributed by atoms with Crippen molar-refractivity contribution in [1.29, 1.82) is 0 Å². The van der Waals surface area contributed by atoms with Crippen LogP contribution >= 0.6 is 0 Å². The van der Waals surface area contributed by atoms with Gasteiger partial charge >= 0.3 is 0 Å². The minimum Gasteiger partial charge on any atom is -0.385 e. The van der Waals surface area contributed by atoms with Gasteiger partial charge in [0.1, 0.15) is 0 Å². The summed E-state index contributed by atoms with van der Waals surface area (Å²) in [5.74, 6) is 0.622. The molecule has 1 saturated heterocycles. The van der Waals surface area contributed by atoms with Gasteiger partial charge in [0.05, 0.1) is 11.3 Å². The van der Waals surface area contributed by atoms with E-state index in [2.05, 4.69) is 20.2 Å². The van der Waals surface area contributed by atoms with Gasteiger partial charge in [-0.1, -0.05) is 0 Å². The van der Waals surface area contributed by atoms with Gasteiger partial charge in [0, 0.05) is 39.5 Å². The van der Waals surface area contributed by atoms with Gasteiger partial charge in [0.25, 0.3) is 5.91 Å². The molecule has 0 bridgehead atoms. The van der Waals surface area contributed by atoms with Crippen LogP contribution in [0.4, 0.5) is 5.95 Å². The number of aryl methyl sites for hydroxylation is 1. The van der Waals surface area contributed by atoms with Crippen LogP contribution in [-0.4, -0.2) is 49.2 Å². The van der Waals surface area contributed by atoms with Gasteiger partial charge in [0.2, 0.25) is 5.95 Å². The Labute approximate surface area is 125 Å². The molecule has 0 unspecified atom stereocenters. The summed E-state index contributed by atoms with van der Waals surface area (Å²) in [4.78, 5) is 23.1. The fourth-order valence-electron chi connectivity index (χ4n) is 2.44. The number of aromatic nitrogens is 2. The molecule has 2 rings (SSSR count). The highest BCUT2D eigenvalue weighted by Crippen LogP contribution is 2.16. The molecule has 2 heterocycles. The van der Waals surface area contributed by atoms with Crippen LogP contribution in [0, 0.1) is 6.92 Å². The molecule has 1 fully saturated rings. The molecule has 0 aromatic carbocycles. The Morgan fingerprint density at radius 2 is 2.14 bits per heavy atom. The van der Waals surface area contributed by atoms with E-state index in [1.807, 2.05) is 6.92 Å². The summed E-state index contributed by atoms with van der Waals surface area (Å²) in [7, 11) is 1.65. The molecular formula is C15H24N4O2. The highest BCUT2D eigenvalue weighted by molar-refractivity contribution is 5.94.